The van der Waals surface area contributed by atoms with Crippen LogP contribution in [0.3, 0.4) is 0 Å². The van der Waals surface area contributed by atoms with Gasteiger partial charge in [-0.05, 0) is 18.9 Å². The van der Waals surface area contributed by atoms with E-state index in [4.69, 9.17) is 4.52 Å². The van der Waals surface area contributed by atoms with Crippen molar-refractivity contribution in [3.05, 3.63) is 46.9 Å². The van der Waals surface area contributed by atoms with E-state index in [1.54, 1.807) is 0 Å². The molecule has 0 saturated heterocycles. The number of thiazole rings is 1. The van der Waals surface area contributed by atoms with Crippen LogP contribution >= 0.6 is 11.3 Å². The maximum atomic E-state index is 12.1. The third-order valence-electron chi connectivity index (χ3n) is 3.97. The van der Waals surface area contributed by atoms with Gasteiger partial charge in [-0.15, -0.1) is 11.3 Å². The SMILES string of the molecule is Cc1ccccc1-c1csc(NC(=O)CCCc2nc(C(C)C)no2)n1. The summed E-state index contributed by atoms with van der Waals surface area (Å²) in [6, 6.07) is 8.07. The Labute approximate surface area is 156 Å². The lowest BCUT2D eigenvalue weighted by molar-refractivity contribution is -0.116. The zero-order chi connectivity index (χ0) is 18.5. The minimum absolute atomic E-state index is 0.0562. The summed E-state index contributed by atoms with van der Waals surface area (Å²) in [6.07, 6.45) is 1.64. The van der Waals surface area contributed by atoms with Gasteiger partial charge >= 0.3 is 0 Å². The minimum atomic E-state index is -0.0562. The molecule has 26 heavy (non-hydrogen) atoms. The van der Waals surface area contributed by atoms with E-state index < -0.39 is 0 Å². The van der Waals surface area contributed by atoms with Crippen molar-refractivity contribution in [3.63, 3.8) is 0 Å². The Hall–Kier alpha value is -2.54. The molecule has 0 saturated carbocycles. The van der Waals surface area contributed by atoms with Crippen LogP contribution in [0, 0.1) is 6.92 Å². The van der Waals surface area contributed by atoms with Crippen LogP contribution in [0.2, 0.25) is 0 Å². The first-order valence-corrected chi connectivity index (χ1v) is 9.54. The number of carbonyl (C=O) groups is 1. The number of hydrogen-bond acceptors (Lipinski definition) is 6. The average molecular weight is 370 g/mol. The molecule has 0 aliphatic rings. The topological polar surface area (TPSA) is 80.9 Å². The van der Waals surface area contributed by atoms with Crippen LogP contribution < -0.4 is 5.32 Å². The number of hydrogen-bond donors (Lipinski definition) is 1. The van der Waals surface area contributed by atoms with Crippen LogP contribution in [0.25, 0.3) is 11.3 Å². The van der Waals surface area contributed by atoms with Crippen molar-refractivity contribution < 1.29 is 9.32 Å². The third kappa shape index (κ3) is 4.54. The zero-order valence-corrected chi connectivity index (χ0v) is 16.0. The molecule has 0 spiro atoms. The Morgan fingerprint density at radius 2 is 2.08 bits per heavy atom. The van der Waals surface area contributed by atoms with Crippen LogP contribution in [-0.4, -0.2) is 21.0 Å². The fraction of sp³-hybridized carbons (Fsp3) is 0.368. The second-order valence-corrected chi connectivity index (χ2v) is 7.31. The average Bonchev–Trinajstić information content (AvgIpc) is 3.25. The van der Waals surface area contributed by atoms with E-state index in [0.29, 0.717) is 36.1 Å². The highest BCUT2D eigenvalue weighted by Gasteiger charge is 2.12. The van der Waals surface area contributed by atoms with Crippen molar-refractivity contribution in [1.29, 1.82) is 0 Å². The first kappa shape index (κ1) is 18.3. The summed E-state index contributed by atoms with van der Waals surface area (Å²) in [4.78, 5) is 20.9. The quantitative estimate of drug-likeness (QED) is 0.658. The molecule has 0 bridgehead atoms. The summed E-state index contributed by atoms with van der Waals surface area (Å²) >= 11 is 1.43. The normalized spacial score (nSPS) is 11.1. The van der Waals surface area contributed by atoms with Crippen molar-refractivity contribution in [2.24, 2.45) is 0 Å². The largest absolute Gasteiger partial charge is 0.339 e. The zero-order valence-electron chi connectivity index (χ0n) is 15.2. The predicted molar refractivity (Wildman–Crippen MR) is 102 cm³/mol. The molecule has 1 aromatic carbocycles. The van der Waals surface area contributed by atoms with E-state index in [1.165, 1.54) is 11.3 Å². The first-order valence-electron chi connectivity index (χ1n) is 8.67. The summed E-state index contributed by atoms with van der Waals surface area (Å²) in [5.41, 5.74) is 3.13. The molecule has 0 fully saturated rings. The van der Waals surface area contributed by atoms with Crippen LogP contribution in [-0.2, 0) is 11.2 Å². The van der Waals surface area contributed by atoms with E-state index in [9.17, 15) is 4.79 Å². The molecule has 136 valence electrons. The van der Waals surface area contributed by atoms with Crippen molar-refractivity contribution in [1.82, 2.24) is 15.1 Å². The number of benzene rings is 1. The minimum Gasteiger partial charge on any atom is -0.339 e. The number of amides is 1. The Morgan fingerprint density at radius 1 is 1.27 bits per heavy atom. The number of rotatable bonds is 7. The molecule has 0 atom stereocenters. The van der Waals surface area contributed by atoms with E-state index in [1.807, 2.05) is 37.4 Å². The molecule has 0 aliphatic carbocycles. The molecule has 2 heterocycles. The van der Waals surface area contributed by atoms with Gasteiger partial charge in [-0.3, -0.25) is 4.79 Å². The van der Waals surface area contributed by atoms with E-state index in [2.05, 4.69) is 33.4 Å². The van der Waals surface area contributed by atoms with Gasteiger partial charge in [0.25, 0.3) is 0 Å². The molecule has 7 heteroatoms. The molecule has 2 aromatic heterocycles. The second-order valence-electron chi connectivity index (χ2n) is 6.46. The summed E-state index contributed by atoms with van der Waals surface area (Å²) in [5, 5.41) is 9.37. The lowest BCUT2D eigenvalue weighted by Crippen LogP contribution is -2.11. The van der Waals surface area contributed by atoms with Gasteiger partial charge in [0.15, 0.2) is 11.0 Å². The first-order chi connectivity index (χ1) is 12.5. The van der Waals surface area contributed by atoms with Crippen molar-refractivity contribution >= 4 is 22.4 Å². The molecule has 1 N–H and O–H groups in total. The Kier molecular flexibility index (Phi) is 5.78. The van der Waals surface area contributed by atoms with Gasteiger partial charge in [0.1, 0.15) is 0 Å². The molecule has 0 unspecified atom stereocenters. The lowest BCUT2D eigenvalue weighted by atomic mass is 10.1. The smallest absolute Gasteiger partial charge is 0.226 e. The molecule has 6 nitrogen and oxygen atoms in total. The van der Waals surface area contributed by atoms with E-state index in [0.717, 1.165) is 16.8 Å². The molecule has 0 aliphatic heterocycles. The number of carbonyl (C=O) groups excluding carboxylic acids is 1. The van der Waals surface area contributed by atoms with Crippen molar-refractivity contribution in [2.75, 3.05) is 5.32 Å². The fourth-order valence-corrected chi connectivity index (χ4v) is 3.23. The standard InChI is InChI=1S/C19H22N4O2S/c1-12(2)18-22-17(25-23-18)10-6-9-16(24)21-19-20-15(11-26-19)14-8-5-4-7-13(14)3/h4-5,7-8,11-12H,6,9-10H2,1-3H3,(H,20,21,24). The summed E-state index contributed by atoms with van der Waals surface area (Å²) in [7, 11) is 0. The summed E-state index contributed by atoms with van der Waals surface area (Å²) < 4.78 is 5.19. The molecular formula is C19H22N4O2S. The fourth-order valence-electron chi connectivity index (χ4n) is 2.50. The number of nitrogens with one attached hydrogen (secondary N) is 1. The van der Waals surface area contributed by atoms with Crippen LogP contribution in [0.5, 0.6) is 0 Å². The Morgan fingerprint density at radius 3 is 2.81 bits per heavy atom. The highest BCUT2D eigenvalue weighted by Crippen LogP contribution is 2.27. The summed E-state index contributed by atoms with van der Waals surface area (Å²) in [5.74, 6) is 1.47. The van der Waals surface area contributed by atoms with Gasteiger partial charge in [0.2, 0.25) is 11.8 Å². The van der Waals surface area contributed by atoms with Crippen LogP contribution in [0.1, 0.15) is 49.9 Å². The highest BCUT2D eigenvalue weighted by molar-refractivity contribution is 7.14. The van der Waals surface area contributed by atoms with Gasteiger partial charge in [0, 0.05) is 29.7 Å². The molecule has 3 rings (SSSR count). The maximum Gasteiger partial charge on any atom is 0.226 e. The monoisotopic (exact) mass is 370 g/mol. The van der Waals surface area contributed by atoms with E-state index >= 15 is 0 Å². The maximum absolute atomic E-state index is 12.1. The van der Waals surface area contributed by atoms with Crippen molar-refractivity contribution in [2.45, 2.75) is 46.0 Å². The van der Waals surface area contributed by atoms with Gasteiger partial charge < -0.3 is 9.84 Å². The van der Waals surface area contributed by atoms with Crippen molar-refractivity contribution in [3.8, 4) is 11.3 Å². The molecular weight excluding hydrogens is 348 g/mol. The van der Waals surface area contributed by atoms with Gasteiger partial charge in [0.05, 0.1) is 5.69 Å². The molecule has 3 aromatic rings. The van der Waals surface area contributed by atoms with Crippen LogP contribution in [0.15, 0.2) is 34.2 Å². The Bertz CT molecular complexity index is 885. The van der Waals surface area contributed by atoms with E-state index in [-0.39, 0.29) is 11.8 Å². The number of aryl methyl sites for hydroxylation is 2. The number of anilines is 1. The van der Waals surface area contributed by atoms with Gasteiger partial charge in [-0.25, -0.2) is 4.98 Å². The van der Waals surface area contributed by atoms with Crippen LogP contribution in [0.4, 0.5) is 5.13 Å². The molecule has 1 amide bonds. The van der Waals surface area contributed by atoms with Gasteiger partial charge in [-0.2, -0.15) is 4.98 Å². The predicted octanol–water partition coefficient (Wildman–Crippen LogP) is 4.59. The molecule has 0 radical (unpaired) electrons. The summed E-state index contributed by atoms with van der Waals surface area (Å²) in [6.45, 7) is 6.08. The highest BCUT2D eigenvalue weighted by atomic mass is 32.1. The lowest BCUT2D eigenvalue weighted by Gasteiger charge is -2.02. The third-order valence-corrected chi connectivity index (χ3v) is 4.72. The number of aromatic nitrogens is 3. The van der Waals surface area contributed by atoms with Gasteiger partial charge in [-0.1, -0.05) is 43.3 Å². The Balaban J connectivity index is 1.50. The second kappa shape index (κ2) is 8.23. The number of nitrogens with zero attached hydrogens (tertiary/aromatic N) is 3.